The van der Waals surface area contributed by atoms with Crippen molar-refractivity contribution in [3.05, 3.63) is 30.0 Å². The van der Waals surface area contributed by atoms with E-state index in [4.69, 9.17) is 0 Å². The van der Waals surface area contributed by atoms with E-state index in [0.717, 1.165) is 16.5 Å². The molecular formula is C13H15F2N3. The van der Waals surface area contributed by atoms with E-state index in [1.165, 1.54) is 0 Å². The molecule has 3 nitrogen and oxygen atoms in total. The summed E-state index contributed by atoms with van der Waals surface area (Å²) in [7, 11) is 0. The molecular weight excluding hydrogens is 236 g/mol. The predicted molar refractivity (Wildman–Crippen MR) is 65.6 cm³/mol. The molecule has 1 aromatic heterocycles. The van der Waals surface area contributed by atoms with Gasteiger partial charge in [0.25, 0.3) is 5.92 Å². The Hall–Kier alpha value is -1.49. The topological polar surface area (TPSA) is 40.7 Å². The highest BCUT2D eigenvalue weighted by molar-refractivity contribution is 5.78. The van der Waals surface area contributed by atoms with Crippen molar-refractivity contribution in [1.29, 1.82) is 0 Å². The van der Waals surface area contributed by atoms with Crippen LogP contribution in [0.2, 0.25) is 0 Å². The average Bonchev–Trinajstić information content (AvgIpc) is 2.79. The first-order valence-electron chi connectivity index (χ1n) is 6.10. The number of hydrogen-bond acceptors (Lipinski definition) is 2. The number of fused-ring (bicyclic) bond motifs is 1. The molecule has 96 valence electrons. The molecule has 0 amide bonds. The molecule has 0 spiro atoms. The van der Waals surface area contributed by atoms with Crippen molar-refractivity contribution in [2.24, 2.45) is 5.92 Å². The highest BCUT2D eigenvalue weighted by Crippen LogP contribution is 2.38. The summed E-state index contributed by atoms with van der Waals surface area (Å²) in [5, 5.41) is 10.9. The number of nitrogens with zero attached hydrogens (tertiary/aromatic N) is 1. The van der Waals surface area contributed by atoms with Crippen molar-refractivity contribution >= 4 is 10.9 Å². The minimum Gasteiger partial charge on any atom is -0.309 e. The maximum atomic E-state index is 13.7. The summed E-state index contributed by atoms with van der Waals surface area (Å²) in [5.74, 6) is -3.20. The lowest BCUT2D eigenvalue weighted by Crippen LogP contribution is -2.44. The first-order chi connectivity index (χ1) is 8.56. The normalized spacial score (nSPS) is 27.5. The van der Waals surface area contributed by atoms with Gasteiger partial charge in [0.2, 0.25) is 0 Å². The van der Waals surface area contributed by atoms with Crippen molar-refractivity contribution in [2.75, 3.05) is 6.54 Å². The molecule has 1 aliphatic rings. The molecule has 1 aromatic carbocycles. The number of halogens is 2. The summed E-state index contributed by atoms with van der Waals surface area (Å²) in [6.45, 7) is 1.93. The summed E-state index contributed by atoms with van der Waals surface area (Å²) in [5.41, 5.74) is 1.82. The van der Waals surface area contributed by atoms with Gasteiger partial charge in [-0.15, -0.1) is 0 Å². The third kappa shape index (κ3) is 1.88. The molecule has 1 aliphatic heterocycles. The van der Waals surface area contributed by atoms with Crippen LogP contribution in [0, 0.1) is 5.92 Å². The SMILES string of the molecule is C[C@@H]1CN[C@H](c2ccc3[nH]ncc3c2)CC1(F)F. The molecule has 1 fully saturated rings. The maximum Gasteiger partial charge on any atom is 0.253 e. The Morgan fingerprint density at radius 1 is 1.39 bits per heavy atom. The molecule has 2 atom stereocenters. The van der Waals surface area contributed by atoms with Gasteiger partial charge in [-0.25, -0.2) is 8.78 Å². The average molecular weight is 251 g/mol. The van der Waals surface area contributed by atoms with E-state index in [1.807, 2.05) is 18.2 Å². The summed E-state index contributed by atoms with van der Waals surface area (Å²) in [6.07, 6.45) is 1.57. The Labute approximate surface area is 104 Å². The summed E-state index contributed by atoms with van der Waals surface area (Å²) >= 11 is 0. The number of benzene rings is 1. The van der Waals surface area contributed by atoms with E-state index in [0.29, 0.717) is 6.54 Å². The number of hydrogen-bond donors (Lipinski definition) is 2. The molecule has 0 unspecified atom stereocenters. The van der Waals surface area contributed by atoms with Crippen molar-refractivity contribution in [2.45, 2.75) is 25.3 Å². The monoisotopic (exact) mass is 251 g/mol. The van der Waals surface area contributed by atoms with Crippen LogP contribution in [0.15, 0.2) is 24.4 Å². The molecule has 2 aromatic rings. The number of H-pyrrole nitrogens is 1. The molecule has 0 saturated carbocycles. The zero-order valence-electron chi connectivity index (χ0n) is 10.1. The molecule has 2 heterocycles. The highest BCUT2D eigenvalue weighted by atomic mass is 19.3. The lowest BCUT2D eigenvalue weighted by atomic mass is 9.88. The van der Waals surface area contributed by atoms with Crippen molar-refractivity contribution in [3.63, 3.8) is 0 Å². The highest BCUT2D eigenvalue weighted by Gasteiger charge is 2.42. The lowest BCUT2D eigenvalue weighted by molar-refractivity contribution is -0.0841. The van der Waals surface area contributed by atoms with Crippen molar-refractivity contribution < 1.29 is 8.78 Å². The molecule has 3 rings (SSSR count). The minimum atomic E-state index is -2.60. The quantitative estimate of drug-likeness (QED) is 0.818. The van der Waals surface area contributed by atoms with Gasteiger partial charge in [0, 0.05) is 30.3 Å². The number of rotatable bonds is 1. The Bertz CT molecular complexity index is 564. The van der Waals surface area contributed by atoms with E-state index in [-0.39, 0.29) is 12.5 Å². The van der Waals surface area contributed by atoms with Gasteiger partial charge in [-0.05, 0) is 17.7 Å². The second kappa shape index (κ2) is 4.02. The molecule has 5 heteroatoms. The summed E-state index contributed by atoms with van der Waals surface area (Å²) in [4.78, 5) is 0. The van der Waals surface area contributed by atoms with Crippen LogP contribution in [0.3, 0.4) is 0 Å². The van der Waals surface area contributed by atoms with E-state index in [2.05, 4.69) is 15.5 Å². The number of alkyl halides is 2. The van der Waals surface area contributed by atoms with Crippen LogP contribution in [0.5, 0.6) is 0 Å². The van der Waals surface area contributed by atoms with Gasteiger partial charge in [-0.2, -0.15) is 5.10 Å². The fraction of sp³-hybridized carbons (Fsp3) is 0.462. The maximum absolute atomic E-state index is 13.7. The first kappa shape index (κ1) is 11.6. The zero-order valence-corrected chi connectivity index (χ0v) is 10.1. The summed E-state index contributed by atoms with van der Waals surface area (Å²) in [6, 6.07) is 5.40. The van der Waals surface area contributed by atoms with Crippen LogP contribution in [-0.2, 0) is 0 Å². The standard InChI is InChI=1S/C13H15F2N3/c1-8-6-16-12(5-13(8,14)15)9-2-3-11-10(4-9)7-17-18-11/h2-4,7-8,12,16H,5-6H2,1H3,(H,17,18)/t8-,12+/m1/s1. The van der Waals surface area contributed by atoms with Gasteiger partial charge in [-0.3, -0.25) is 5.10 Å². The van der Waals surface area contributed by atoms with Crippen molar-refractivity contribution in [3.8, 4) is 0 Å². The van der Waals surface area contributed by atoms with E-state index in [1.54, 1.807) is 13.1 Å². The number of aromatic nitrogens is 2. The molecule has 0 radical (unpaired) electrons. The Balaban J connectivity index is 1.90. The second-order valence-corrected chi connectivity index (χ2v) is 5.04. The minimum absolute atomic E-state index is 0.141. The largest absolute Gasteiger partial charge is 0.309 e. The Kier molecular flexibility index (Phi) is 2.59. The Morgan fingerprint density at radius 3 is 3.00 bits per heavy atom. The van der Waals surface area contributed by atoms with Crippen LogP contribution >= 0.6 is 0 Å². The van der Waals surface area contributed by atoms with E-state index in [9.17, 15) is 8.78 Å². The van der Waals surface area contributed by atoms with Gasteiger partial charge >= 0.3 is 0 Å². The van der Waals surface area contributed by atoms with Gasteiger partial charge in [0.15, 0.2) is 0 Å². The van der Waals surface area contributed by atoms with Crippen LogP contribution in [-0.4, -0.2) is 22.7 Å². The number of aromatic amines is 1. The van der Waals surface area contributed by atoms with Crippen molar-refractivity contribution in [1.82, 2.24) is 15.5 Å². The number of piperidine rings is 1. The smallest absolute Gasteiger partial charge is 0.253 e. The third-order valence-electron chi connectivity index (χ3n) is 3.73. The molecule has 0 aliphatic carbocycles. The van der Waals surface area contributed by atoms with E-state index < -0.39 is 11.8 Å². The fourth-order valence-corrected chi connectivity index (χ4v) is 2.43. The van der Waals surface area contributed by atoms with Crippen LogP contribution in [0.4, 0.5) is 8.78 Å². The zero-order chi connectivity index (χ0) is 12.8. The predicted octanol–water partition coefficient (Wildman–Crippen LogP) is 2.87. The van der Waals surface area contributed by atoms with Gasteiger partial charge < -0.3 is 5.32 Å². The van der Waals surface area contributed by atoms with Gasteiger partial charge in [0.05, 0.1) is 11.7 Å². The van der Waals surface area contributed by atoms with Crippen LogP contribution in [0.1, 0.15) is 24.9 Å². The molecule has 2 N–H and O–H groups in total. The van der Waals surface area contributed by atoms with E-state index >= 15 is 0 Å². The van der Waals surface area contributed by atoms with Crippen LogP contribution < -0.4 is 5.32 Å². The first-order valence-corrected chi connectivity index (χ1v) is 6.10. The van der Waals surface area contributed by atoms with Crippen LogP contribution in [0.25, 0.3) is 10.9 Å². The molecule has 0 bridgehead atoms. The van der Waals surface area contributed by atoms with Gasteiger partial charge in [0.1, 0.15) is 0 Å². The van der Waals surface area contributed by atoms with Gasteiger partial charge in [-0.1, -0.05) is 13.0 Å². The molecule has 18 heavy (non-hydrogen) atoms. The second-order valence-electron chi connectivity index (χ2n) is 5.04. The summed E-state index contributed by atoms with van der Waals surface area (Å²) < 4.78 is 27.5. The Morgan fingerprint density at radius 2 is 2.22 bits per heavy atom. The third-order valence-corrected chi connectivity index (χ3v) is 3.73. The number of nitrogens with one attached hydrogen (secondary N) is 2. The lowest BCUT2D eigenvalue weighted by Gasteiger charge is -2.35. The molecule has 1 saturated heterocycles. The fourth-order valence-electron chi connectivity index (χ4n) is 2.43.